The fourth-order valence-corrected chi connectivity index (χ4v) is 1.48. The Morgan fingerprint density at radius 2 is 1.79 bits per heavy atom. The lowest BCUT2D eigenvalue weighted by atomic mass is 10.0. The lowest BCUT2D eigenvalue weighted by Gasteiger charge is -2.09. The smallest absolute Gasteiger partial charge is 0.416 e. The van der Waals surface area contributed by atoms with Crippen molar-refractivity contribution in [1.82, 2.24) is 0 Å². The van der Waals surface area contributed by atoms with Crippen molar-refractivity contribution in [2.45, 2.75) is 25.4 Å². The minimum absolute atomic E-state index is 0.0641. The summed E-state index contributed by atoms with van der Waals surface area (Å²) in [6, 6.07) is 2.07. The van der Waals surface area contributed by atoms with Crippen LogP contribution in [0.15, 0.2) is 18.2 Å². The molecule has 0 unspecified atom stereocenters. The third kappa shape index (κ3) is 4.27. The molecular formula is C12H11F3O4. The number of carboxylic acids is 1. The molecule has 0 aliphatic rings. The topological polar surface area (TPSA) is 74.6 Å². The van der Waals surface area contributed by atoms with Gasteiger partial charge in [-0.3, -0.25) is 9.59 Å². The standard InChI is InChI=1S/C12H11F3O4/c13-12(14,15)7-4-5-8(10(17)6-7)9(16)2-1-3-11(18)19/h4-6,17H,1-3H2,(H,18,19). The molecule has 0 spiro atoms. The molecule has 4 nitrogen and oxygen atoms in total. The van der Waals surface area contributed by atoms with Crippen LogP contribution in [0.5, 0.6) is 5.75 Å². The predicted octanol–water partition coefficient (Wildman–Crippen LogP) is 2.85. The van der Waals surface area contributed by atoms with Gasteiger partial charge in [-0.25, -0.2) is 0 Å². The fraction of sp³-hybridized carbons (Fsp3) is 0.333. The highest BCUT2D eigenvalue weighted by Gasteiger charge is 2.31. The van der Waals surface area contributed by atoms with Gasteiger partial charge in [0.2, 0.25) is 0 Å². The summed E-state index contributed by atoms with van der Waals surface area (Å²) in [5, 5.41) is 17.8. The number of aliphatic carboxylic acids is 1. The van der Waals surface area contributed by atoms with Gasteiger partial charge in [0.05, 0.1) is 11.1 Å². The van der Waals surface area contributed by atoms with E-state index in [4.69, 9.17) is 5.11 Å². The largest absolute Gasteiger partial charge is 0.507 e. The van der Waals surface area contributed by atoms with E-state index in [-0.39, 0.29) is 24.8 Å². The molecule has 0 amide bonds. The summed E-state index contributed by atoms with van der Waals surface area (Å²) in [6.45, 7) is 0. The van der Waals surface area contributed by atoms with Crippen LogP contribution in [0.2, 0.25) is 0 Å². The first-order valence-corrected chi connectivity index (χ1v) is 5.37. The highest BCUT2D eigenvalue weighted by molar-refractivity contribution is 5.98. The van der Waals surface area contributed by atoms with E-state index in [9.17, 15) is 27.9 Å². The maximum absolute atomic E-state index is 12.3. The van der Waals surface area contributed by atoms with Crippen LogP contribution in [-0.4, -0.2) is 22.0 Å². The number of hydrogen-bond acceptors (Lipinski definition) is 3. The maximum Gasteiger partial charge on any atom is 0.416 e. The van der Waals surface area contributed by atoms with Gasteiger partial charge in [-0.05, 0) is 24.6 Å². The van der Waals surface area contributed by atoms with E-state index in [0.717, 1.165) is 6.07 Å². The molecule has 1 aromatic carbocycles. The molecule has 0 bridgehead atoms. The molecule has 0 aliphatic heterocycles. The van der Waals surface area contributed by atoms with Gasteiger partial charge in [-0.2, -0.15) is 13.2 Å². The molecule has 2 N–H and O–H groups in total. The average molecular weight is 276 g/mol. The summed E-state index contributed by atoms with van der Waals surface area (Å²) in [4.78, 5) is 21.8. The number of rotatable bonds is 5. The fourth-order valence-electron chi connectivity index (χ4n) is 1.48. The number of hydrogen-bond donors (Lipinski definition) is 2. The first-order valence-electron chi connectivity index (χ1n) is 5.37. The lowest BCUT2D eigenvalue weighted by Crippen LogP contribution is -2.07. The molecule has 19 heavy (non-hydrogen) atoms. The number of carbonyl (C=O) groups excluding carboxylic acids is 1. The highest BCUT2D eigenvalue weighted by Crippen LogP contribution is 2.33. The number of Topliss-reactive ketones (excluding diaryl/α,β-unsaturated/α-hetero) is 1. The van der Waals surface area contributed by atoms with E-state index in [1.165, 1.54) is 0 Å². The minimum atomic E-state index is -4.59. The molecule has 0 aromatic heterocycles. The summed E-state index contributed by atoms with van der Waals surface area (Å²) in [5.74, 6) is -2.41. The van der Waals surface area contributed by atoms with Crippen LogP contribution in [0.1, 0.15) is 35.2 Å². The zero-order valence-electron chi connectivity index (χ0n) is 9.70. The Labute approximate surface area is 106 Å². The molecular weight excluding hydrogens is 265 g/mol. The molecule has 1 rings (SSSR count). The van der Waals surface area contributed by atoms with Crippen molar-refractivity contribution < 1.29 is 33.0 Å². The molecule has 0 fully saturated rings. The number of aromatic hydroxyl groups is 1. The summed E-state index contributed by atoms with van der Waals surface area (Å²) in [6.07, 6.45) is -4.89. The van der Waals surface area contributed by atoms with Crippen LogP contribution in [0.3, 0.4) is 0 Å². The van der Waals surface area contributed by atoms with Crippen molar-refractivity contribution in [3.05, 3.63) is 29.3 Å². The van der Waals surface area contributed by atoms with Crippen molar-refractivity contribution >= 4 is 11.8 Å². The van der Waals surface area contributed by atoms with E-state index in [2.05, 4.69) is 0 Å². The zero-order valence-corrected chi connectivity index (χ0v) is 9.70. The van der Waals surface area contributed by atoms with Gasteiger partial charge in [0.15, 0.2) is 5.78 Å². The minimum Gasteiger partial charge on any atom is -0.507 e. The summed E-state index contributed by atoms with van der Waals surface area (Å²) in [7, 11) is 0. The number of benzene rings is 1. The second-order valence-corrected chi connectivity index (χ2v) is 3.90. The van der Waals surface area contributed by atoms with E-state index >= 15 is 0 Å². The Balaban J connectivity index is 2.79. The molecule has 0 atom stereocenters. The number of carboxylic acid groups (broad SMARTS) is 1. The third-order valence-electron chi connectivity index (χ3n) is 2.42. The van der Waals surface area contributed by atoms with E-state index < -0.39 is 29.2 Å². The Kier molecular flexibility index (Phi) is 4.52. The Hall–Kier alpha value is -2.05. The summed E-state index contributed by atoms with van der Waals surface area (Å²) >= 11 is 0. The normalized spacial score (nSPS) is 11.3. The number of phenolic OH excluding ortho intramolecular Hbond substituents is 1. The van der Waals surface area contributed by atoms with E-state index in [1.54, 1.807) is 0 Å². The molecule has 0 saturated carbocycles. The van der Waals surface area contributed by atoms with Crippen LogP contribution in [0.25, 0.3) is 0 Å². The first-order chi connectivity index (χ1) is 8.71. The molecule has 0 saturated heterocycles. The average Bonchev–Trinajstić information content (AvgIpc) is 2.26. The Morgan fingerprint density at radius 1 is 1.16 bits per heavy atom. The van der Waals surface area contributed by atoms with Gasteiger partial charge < -0.3 is 10.2 Å². The zero-order chi connectivity index (χ0) is 14.6. The van der Waals surface area contributed by atoms with Crippen LogP contribution in [0.4, 0.5) is 13.2 Å². The molecule has 104 valence electrons. The lowest BCUT2D eigenvalue weighted by molar-refractivity contribution is -0.138. The molecule has 0 aliphatic carbocycles. The van der Waals surface area contributed by atoms with Crippen LogP contribution >= 0.6 is 0 Å². The van der Waals surface area contributed by atoms with Gasteiger partial charge >= 0.3 is 12.1 Å². The summed E-state index contributed by atoms with van der Waals surface area (Å²) < 4.78 is 37.0. The second-order valence-electron chi connectivity index (χ2n) is 3.90. The monoisotopic (exact) mass is 276 g/mol. The number of halogens is 3. The quantitative estimate of drug-likeness (QED) is 0.811. The van der Waals surface area contributed by atoms with Gasteiger partial charge in [-0.1, -0.05) is 0 Å². The van der Waals surface area contributed by atoms with E-state index in [1.807, 2.05) is 0 Å². The van der Waals surface area contributed by atoms with Gasteiger partial charge in [0.25, 0.3) is 0 Å². The van der Waals surface area contributed by atoms with Crippen molar-refractivity contribution in [3.8, 4) is 5.75 Å². The third-order valence-corrected chi connectivity index (χ3v) is 2.42. The SMILES string of the molecule is O=C(O)CCCC(=O)c1ccc(C(F)(F)F)cc1O. The first kappa shape index (κ1) is 15.0. The Morgan fingerprint density at radius 3 is 2.26 bits per heavy atom. The van der Waals surface area contributed by atoms with Crippen molar-refractivity contribution in [2.75, 3.05) is 0 Å². The number of carbonyl (C=O) groups is 2. The van der Waals surface area contributed by atoms with Gasteiger partial charge in [-0.15, -0.1) is 0 Å². The van der Waals surface area contributed by atoms with Crippen LogP contribution in [-0.2, 0) is 11.0 Å². The van der Waals surface area contributed by atoms with Crippen LogP contribution < -0.4 is 0 Å². The van der Waals surface area contributed by atoms with Gasteiger partial charge in [0, 0.05) is 12.8 Å². The van der Waals surface area contributed by atoms with Crippen molar-refractivity contribution in [3.63, 3.8) is 0 Å². The van der Waals surface area contributed by atoms with Crippen molar-refractivity contribution in [1.29, 1.82) is 0 Å². The maximum atomic E-state index is 12.3. The number of phenols is 1. The summed E-state index contributed by atoms with van der Waals surface area (Å²) in [5.41, 5.74) is -1.29. The highest BCUT2D eigenvalue weighted by atomic mass is 19.4. The number of alkyl halides is 3. The molecule has 0 heterocycles. The molecule has 0 radical (unpaired) electrons. The van der Waals surface area contributed by atoms with Crippen molar-refractivity contribution in [2.24, 2.45) is 0 Å². The molecule has 7 heteroatoms. The molecule has 1 aromatic rings. The second kappa shape index (κ2) is 5.73. The van der Waals surface area contributed by atoms with E-state index in [0.29, 0.717) is 12.1 Å². The number of ketones is 1. The Bertz CT molecular complexity index is 494. The van der Waals surface area contributed by atoms with Gasteiger partial charge in [0.1, 0.15) is 5.75 Å². The van der Waals surface area contributed by atoms with Crippen LogP contribution in [0, 0.1) is 0 Å². The predicted molar refractivity (Wildman–Crippen MR) is 58.9 cm³/mol.